The Kier molecular flexibility index (Phi) is 7.66. The van der Waals surface area contributed by atoms with E-state index in [1.165, 1.54) is 18.0 Å². The van der Waals surface area contributed by atoms with Gasteiger partial charge in [0.05, 0.1) is 24.2 Å². The minimum Gasteiger partial charge on any atom is -0.493 e. The summed E-state index contributed by atoms with van der Waals surface area (Å²) >= 11 is 13.7. The fourth-order valence-electron chi connectivity index (χ4n) is 4.32. The Morgan fingerprint density at radius 2 is 1.78 bits per heavy atom. The molecule has 0 saturated heterocycles. The number of fused-ring (bicyclic) bond motifs is 2. The first-order valence-electron chi connectivity index (χ1n) is 12.4. The van der Waals surface area contributed by atoms with Crippen LogP contribution in [0.3, 0.4) is 0 Å². The Bertz CT molecular complexity index is 1970. The van der Waals surface area contributed by atoms with E-state index < -0.39 is 0 Å². The van der Waals surface area contributed by atoms with Gasteiger partial charge in [-0.1, -0.05) is 70.0 Å². The second kappa shape index (κ2) is 11.5. The molecule has 0 fully saturated rings. The summed E-state index contributed by atoms with van der Waals surface area (Å²) in [4.78, 5) is 18.3. The molecular weight excluding hydrogens is 674 g/mol. The summed E-state index contributed by atoms with van der Waals surface area (Å²) in [7, 11) is 1.53. The number of ether oxygens (including phenoxy) is 2. The molecule has 0 saturated carbocycles. The van der Waals surface area contributed by atoms with Crippen molar-refractivity contribution in [3.05, 3.63) is 120 Å². The van der Waals surface area contributed by atoms with Crippen LogP contribution in [-0.2, 0) is 6.61 Å². The highest BCUT2D eigenvalue weighted by Crippen LogP contribution is 2.42. The second-order valence-corrected chi connectivity index (χ2v) is 11.1. The maximum Gasteiger partial charge on any atom is 0.282 e. The van der Waals surface area contributed by atoms with Gasteiger partial charge in [-0.15, -0.1) is 0 Å². The molecule has 0 aliphatic rings. The number of hydrogen-bond donors (Lipinski definition) is 0. The zero-order valence-electron chi connectivity index (χ0n) is 21.5. The van der Waals surface area contributed by atoms with Crippen molar-refractivity contribution in [2.75, 3.05) is 7.11 Å². The van der Waals surface area contributed by atoms with Gasteiger partial charge >= 0.3 is 0 Å². The molecule has 6 aromatic rings. The summed E-state index contributed by atoms with van der Waals surface area (Å²) in [5, 5.41) is 6.17. The Morgan fingerprint density at radius 1 is 1.02 bits per heavy atom. The summed E-state index contributed by atoms with van der Waals surface area (Å²) in [6, 6.07) is 26.1. The van der Waals surface area contributed by atoms with Crippen LogP contribution in [0, 0.1) is 0 Å². The van der Waals surface area contributed by atoms with Crippen LogP contribution in [0.25, 0.3) is 33.5 Å². The van der Waals surface area contributed by atoms with E-state index in [1.54, 1.807) is 24.3 Å². The molecule has 7 nitrogen and oxygen atoms in total. The molecule has 41 heavy (non-hydrogen) atoms. The first-order chi connectivity index (χ1) is 19.9. The summed E-state index contributed by atoms with van der Waals surface area (Å²) < 4.78 is 20.4. The normalized spacial score (nSPS) is 11.5. The first kappa shape index (κ1) is 27.3. The van der Waals surface area contributed by atoms with Crippen molar-refractivity contribution in [1.29, 1.82) is 0 Å². The summed E-state index contributed by atoms with van der Waals surface area (Å²) in [5.41, 5.74) is 2.41. The van der Waals surface area contributed by atoms with E-state index in [0.29, 0.717) is 55.4 Å². The minimum atomic E-state index is -0.342. The van der Waals surface area contributed by atoms with Crippen LogP contribution < -0.4 is 15.0 Å². The summed E-state index contributed by atoms with van der Waals surface area (Å²) in [6.07, 6.45) is 1.51. The topological polar surface area (TPSA) is 78.9 Å². The average molecular weight is 694 g/mol. The van der Waals surface area contributed by atoms with E-state index in [2.05, 4.69) is 37.0 Å². The lowest BCUT2D eigenvalue weighted by Gasteiger charge is -2.15. The van der Waals surface area contributed by atoms with Gasteiger partial charge in [0.25, 0.3) is 5.56 Å². The predicted molar refractivity (Wildman–Crippen MR) is 168 cm³/mol. The standard InChI is InChI=1S/C31H20Br2ClN3O4/c1-39-25-15-20(27(33)28(34)29(25)40-17-18-10-12-21(32)13-11-18)16-35-37-30(26-14-19-6-2-5-9-24(19)41-26)36-23-8-4-3-7-22(23)31(37)38/h2-16H,17H2,1H3. The van der Waals surface area contributed by atoms with E-state index in [0.717, 1.165) is 15.4 Å². The molecule has 0 N–H and O–H groups in total. The number of furan rings is 1. The van der Waals surface area contributed by atoms with Crippen molar-refractivity contribution < 1.29 is 13.9 Å². The number of aromatic nitrogens is 2. The summed E-state index contributed by atoms with van der Waals surface area (Å²) in [6.45, 7) is 0.294. The van der Waals surface area contributed by atoms with Crippen molar-refractivity contribution in [2.24, 2.45) is 5.10 Å². The van der Waals surface area contributed by atoms with Crippen LogP contribution in [-0.4, -0.2) is 23.0 Å². The monoisotopic (exact) mass is 691 g/mol. The molecule has 0 aliphatic carbocycles. The maximum atomic E-state index is 13.6. The predicted octanol–water partition coefficient (Wildman–Crippen LogP) is 8.46. The molecule has 10 heteroatoms. The molecule has 2 aromatic heterocycles. The SMILES string of the molecule is COc1cc(C=Nn2c(-c3cc4ccccc4o3)nc3ccccc3c2=O)c(Br)c(Cl)c1OCc1ccc(Br)cc1. The van der Waals surface area contributed by atoms with Crippen molar-refractivity contribution in [3.8, 4) is 23.1 Å². The highest BCUT2D eigenvalue weighted by atomic mass is 79.9. The molecule has 0 unspecified atom stereocenters. The number of rotatable bonds is 7. The molecule has 0 spiro atoms. The van der Waals surface area contributed by atoms with Crippen molar-refractivity contribution in [3.63, 3.8) is 0 Å². The largest absolute Gasteiger partial charge is 0.493 e. The van der Waals surface area contributed by atoms with Gasteiger partial charge in [0.1, 0.15) is 17.2 Å². The van der Waals surface area contributed by atoms with Gasteiger partial charge in [0.15, 0.2) is 17.3 Å². The van der Waals surface area contributed by atoms with E-state index >= 15 is 0 Å². The van der Waals surface area contributed by atoms with E-state index in [1.807, 2.05) is 60.7 Å². The Morgan fingerprint density at radius 3 is 2.56 bits per heavy atom. The number of methoxy groups -OCH3 is 1. The highest BCUT2D eigenvalue weighted by Gasteiger charge is 2.19. The lowest BCUT2D eigenvalue weighted by molar-refractivity contribution is 0.284. The van der Waals surface area contributed by atoms with Crippen LogP contribution in [0.1, 0.15) is 11.1 Å². The third-order valence-electron chi connectivity index (χ3n) is 6.38. The van der Waals surface area contributed by atoms with Crippen LogP contribution in [0.15, 0.2) is 108 Å². The molecule has 6 rings (SSSR count). The Balaban J connectivity index is 1.42. The summed E-state index contributed by atoms with van der Waals surface area (Å²) in [5.74, 6) is 1.48. The van der Waals surface area contributed by atoms with Gasteiger partial charge in [-0.25, -0.2) is 4.98 Å². The Labute approximate surface area is 256 Å². The van der Waals surface area contributed by atoms with E-state index in [-0.39, 0.29) is 11.4 Å². The molecule has 0 atom stereocenters. The molecule has 204 valence electrons. The molecule has 0 bridgehead atoms. The van der Waals surface area contributed by atoms with Crippen LogP contribution in [0.5, 0.6) is 11.5 Å². The number of nitrogens with zero attached hydrogens (tertiary/aromatic N) is 3. The molecule has 0 amide bonds. The highest BCUT2D eigenvalue weighted by molar-refractivity contribution is 9.10. The smallest absolute Gasteiger partial charge is 0.282 e. The minimum absolute atomic E-state index is 0.268. The molecule has 4 aromatic carbocycles. The molecule has 0 aliphatic heterocycles. The number of para-hydroxylation sites is 2. The lowest BCUT2D eigenvalue weighted by atomic mass is 10.2. The molecular formula is C31H20Br2ClN3O4. The fourth-order valence-corrected chi connectivity index (χ4v) is 5.24. The van der Waals surface area contributed by atoms with Crippen LogP contribution in [0.4, 0.5) is 0 Å². The van der Waals surface area contributed by atoms with E-state index in [4.69, 9.17) is 30.5 Å². The second-order valence-electron chi connectivity index (χ2n) is 9.00. The van der Waals surface area contributed by atoms with Gasteiger partial charge in [0.2, 0.25) is 5.82 Å². The van der Waals surface area contributed by atoms with Gasteiger partial charge in [-0.05, 0) is 64.0 Å². The van der Waals surface area contributed by atoms with Gasteiger partial charge in [-0.3, -0.25) is 4.79 Å². The van der Waals surface area contributed by atoms with Gasteiger partial charge in [-0.2, -0.15) is 9.78 Å². The zero-order valence-corrected chi connectivity index (χ0v) is 25.4. The van der Waals surface area contributed by atoms with Crippen LogP contribution in [0.2, 0.25) is 5.02 Å². The third kappa shape index (κ3) is 5.40. The van der Waals surface area contributed by atoms with Gasteiger partial charge in [0, 0.05) is 19.9 Å². The zero-order chi connectivity index (χ0) is 28.5. The average Bonchev–Trinajstić information content (AvgIpc) is 3.43. The molecule has 0 radical (unpaired) electrons. The Hall–Kier alpha value is -3.92. The maximum absolute atomic E-state index is 13.6. The third-order valence-corrected chi connectivity index (χ3v) is 8.36. The first-order valence-corrected chi connectivity index (χ1v) is 14.4. The quantitative estimate of drug-likeness (QED) is 0.157. The van der Waals surface area contributed by atoms with Gasteiger partial charge < -0.3 is 13.9 Å². The number of hydrogen-bond acceptors (Lipinski definition) is 6. The number of benzene rings is 4. The molecule has 2 heterocycles. The van der Waals surface area contributed by atoms with Crippen molar-refractivity contribution in [2.45, 2.75) is 6.61 Å². The van der Waals surface area contributed by atoms with Crippen molar-refractivity contribution >= 4 is 71.5 Å². The van der Waals surface area contributed by atoms with Crippen LogP contribution >= 0.6 is 43.5 Å². The lowest BCUT2D eigenvalue weighted by Crippen LogP contribution is -2.20. The van der Waals surface area contributed by atoms with E-state index in [9.17, 15) is 4.79 Å². The number of halogens is 3. The fraction of sp³-hybridized carbons (Fsp3) is 0.0645. The van der Waals surface area contributed by atoms with Crippen molar-refractivity contribution in [1.82, 2.24) is 9.66 Å².